The summed E-state index contributed by atoms with van der Waals surface area (Å²) in [6.07, 6.45) is 1.24. The van der Waals surface area contributed by atoms with E-state index in [9.17, 15) is 13.2 Å². The maximum Gasteiger partial charge on any atom is 0.441 e. The van der Waals surface area contributed by atoms with Crippen LogP contribution in [-0.2, 0) is 6.42 Å². The van der Waals surface area contributed by atoms with Gasteiger partial charge in [-0.25, -0.2) is 0 Å². The molecule has 0 fully saturated rings. The Bertz CT molecular complexity index is 348. The predicted octanol–water partition coefficient (Wildman–Crippen LogP) is 3.76. The lowest BCUT2D eigenvalue weighted by Crippen LogP contribution is -2.18. The maximum absolute atomic E-state index is 12.0. The van der Waals surface area contributed by atoms with Gasteiger partial charge >= 0.3 is 5.51 Å². The number of hydrogen-bond donors (Lipinski definition) is 1. The van der Waals surface area contributed by atoms with E-state index in [0.717, 1.165) is 12.0 Å². The Balaban J connectivity index is 2.40. The Labute approximate surface area is 110 Å². The molecular formula is C13H18F3NS. The van der Waals surface area contributed by atoms with E-state index in [1.54, 1.807) is 0 Å². The van der Waals surface area contributed by atoms with Gasteiger partial charge in [-0.1, -0.05) is 41.6 Å². The second-order valence-corrected chi connectivity index (χ2v) is 5.53. The molecule has 2 N–H and O–H groups in total. The molecule has 1 unspecified atom stereocenters. The molecule has 5 heteroatoms. The summed E-state index contributed by atoms with van der Waals surface area (Å²) in [5.74, 6) is 0.194. The van der Waals surface area contributed by atoms with Crippen molar-refractivity contribution in [3.05, 3.63) is 35.4 Å². The number of benzene rings is 1. The molecule has 0 aromatic heterocycles. The summed E-state index contributed by atoms with van der Waals surface area (Å²) < 4.78 is 36.0. The molecule has 102 valence electrons. The number of hydrogen-bond acceptors (Lipinski definition) is 2. The topological polar surface area (TPSA) is 26.0 Å². The number of alkyl halides is 3. The van der Waals surface area contributed by atoms with Crippen LogP contribution in [0.3, 0.4) is 0 Å². The molecule has 1 nitrogen and oxygen atoms in total. The van der Waals surface area contributed by atoms with Crippen LogP contribution in [0.1, 0.15) is 17.5 Å². The number of rotatable bonds is 6. The minimum Gasteiger partial charge on any atom is -0.330 e. The highest BCUT2D eigenvalue weighted by Gasteiger charge is 2.27. The first-order valence-corrected chi connectivity index (χ1v) is 6.85. The molecule has 1 aromatic rings. The van der Waals surface area contributed by atoms with Crippen molar-refractivity contribution in [1.29, 1.82) is 0 Å². The van der Waals surface area contributed by atoms with Crippen LogP contribution in [0.2, 0.25) is 0 Å². The van der Waals surface area contributed by atoms with E-state index in [2.05, 4.69) is 0 Å². The summed E-state index contributed by atoms with van der Waals surface area (Å²) in [6.45, 7) is 2.43. The third kappa shape index (κ3) is 6.31. The molecule has 0 radical (unpaired) electrons. The first-order valence-electron chi connectivity index (χ1n) is 5.87. The van der Waals surface area contributed by atoms with Gasteiger partial charge in [0.05, 0.1) is 0 Å². The zero-order valence-corrected chi connectivity index (χ0v) is 11.2. The van der Waals surface area contributed by atoms with Gasteiger partial charge in [-0.2, -0.15) is 13.2 Å². The largest absolute Gasteiger partial charge is 0.441 e. The number of nitrogens with two attached hydrogens (primary N) is 1. The monoisotopic (exact) mass is 277 g/mol. The van der Waals surface area contributed by atoms with E-state index >= 15 is 0 Å². The van der Waals surface area contributed by atoms with Gasteiger partial charge in [0.1, 0.15) is 0 Å². The third-order valence-electron chi connectivity index (χ3n) is 2.77. The summed E-state index contributed by atoms with van der Waals surface area (Å²) >= 11 is 0.0347. The van der Waals surface area contributed by atoms with Crippen molar-refractivity contribution >= 4 is 11.8 Å². The fraction of sp³-hybridized carbons (Fsp3) is 0.538. The van der Waals surface area contributed by atoms with Gasteiger partial charge < -0.3 is 5.73 Å². The van der Waals surface area contributed by atoms with E-state index in [-0.39, 0.29) is 23.4 Å². The Morgan fingerprint density at radius 1 is 1.22 bits per heavy atom. The van der Waals surface area contributed by atoms with Crippen LogP contribution in [-0.4, -0.2) is 17.8 Å². The zero-order chi connectivity index (χ0) is 13.6. The molecule has 0 bridgehead atoms. The molecule has 0 aliphatic heterocycles. The summed E-state index contributed by atoms with van der Waals surface area (Å²) in [6, 6.07) is 8.03. The fourth-order valence-electron chi connectivity index (χ4n) is 1.70. The van der Waals surface area contributed by atoms with Gasteiger partial charge in [-0.3, -0.25) is 0 Å². The highest BCUT2D eigenvalue weighted by molar-refractivity contribution is 8.00. The Kier molecular flexibility index (Phi) is 6.02. The van der Waals surface area contributed by atoms with Gasteiger partial charge in [0.2, 0.25) is 0 Å². The molecule has 0 aliphatic rings. The molecular weight excluding hydrogens is 259 g/mol. The van der Waals surface area contributed by atoms with Crippen LogP contribution in [0.25, 0.3) is 0 Å². The SMILES string of the molecule is Cc1ccc(CC(CN)CCSC(F)(F)F)cc1. The number of aryl methyl sites for hydroxylation is 1. The zero-order valence-electron chi connectivity index (χ0n) is 10.3. The molecule has 1 atom stereocenters. The second-order valence-electron chi connectivity index (χ2n) is 4.37. The van der Waals surface area contributed by atoms with Gasteiger partial charge in [0.15, 0.2) is 0 Å². The molecule has 0 saturated heterocycles. The van der Waals surface area contributed by atoms with E-state index in [4.69, 9.17) is 5.73 Å². The van der Waals surface area contributed by atoms with Crippen LogP contribution in [0.15, 0.2) is 24.3 Å². The standard InChI is InChI=1S/C13H18F3NS/c1-10-2-4-11(5-3-10)8-12(9-17)6-7-18-13(14,15)16/h2-5,12H,6-9,17H2,1H3. The van der Waals surface area contributed by atoms with Gasteiger partial charge in [-0.15, -0.1) is 0 Å². The highest BCUT2D eigenvalue weighted by atomic mass is 32.2. The minimum absolute atomic E-state index is 0.0347. The summed E-state index contributed by atoms with van der Waals surface area (Å²) in [5, 5.41) is 0. The highest BCUT2D eigenvalue weighted by Crippen LogP contribution is 2.31. The van der Waals surface area contributed by atoms with Crippen molar-refractivity contribution in [2.75, 3.05) is 12.3 Å². The third-order valence-corrected chi connectivity index (χ3v) is 3.54. The van der Waals surface area contributed by atoms with E-state index in [1.807, 2.05) is 31.2 Å². The summed E-state index contributed by atoms with van der Waals surface area (Å²) in [7, 11) is 0. The average molecular weight is 277 g/mol. The molecule has 0 heterocycles. The van der Waals surface area contributed by atoms with Crippen molar-refractivity contribution in [3.63, 3.8) is 0 Å². The quantitative estimate of drug-likeness (QED) is 0.857. The molecule has 18 heavy (non-hydrogen) atoms. The fourth-order valence-corrected chi connectivity index (χ4v) is 2.38. The molecule has 1 aromatic carbocycles. The normalized spacial score (nSPS) is 13.6. The Morgan fingerprint density at radius 2 is 1.83 bits per heavy atom. The van der Waals surface area contributed by atoms with Crippen LogP contribution < -0.4 is 5.73 Å². The Morgan fingerprint density at radius 3 is 2.33 bits per heavy atom. The van der Waals surface area contributed by atoms with Crippen molar-refractivity contribution in [3.8, 4) is 0 Å². The van der Waals surface area contributed by atoms with Crippen molar-refractivity contribution < 1.29 is 13.2 Å². The smallest absolute Gasteiger partial charge is 0.330 e. The molecule has 0 saturated carbocycles. The van der Waals surface area contributed by atoms with Crippen molar-refractivity contribution in [1.82, 2.24) is 0 Å². The predicted molar refractivity (Wildman–Crippen MR) is 70.6 cm³/mol. The molecule has 1 rings (SSSR count). The lowest BCUT2D eigenvalue weighted by molar-refractivity contribution is -0.0328. The second kappa shape index (κ2) is 7.04. The first kappa shape index (κ1) is 15.4. The number of thioether (sulfide) groups is 1. The van der Waals surface area contributed by atoms with Gasteiger partial charge in [0, 0.05) is 5.75 Å². The lowest BCUT2D eigenvalue weighted by atomic mass is 9.96. The van der Waals surface area contributed by atoms with Crippen molar-refractivity contribution in [2.24, 2.45) is 11.7 Å². The van der Waals surface area contributed by atoms with Gasteiger partial charge in [-0.05, 0) is 37.8 Å². The first-order chi connectivity index (χ1) is 8.40. The van der Waals surface area contributed by atoms with Crippen LogP contribution in [0.4, 0.5) is 13.2 Å². The van der Waals surface area contributed by atoms with E-state index in [1.165, 1.54) is 5.56 Å². The minimum atomic E-state index is -4.14. The van der Waals surface area contributed by atoms with Gasteiger partial charge in [0.25, 0.3) is 0 Å². The Hall–Kier alpha value is -0.680. The van der Waals surface area contributed by atoms with Crippen LogP contribution in [0.5, 0.6) is 0 Å². The maximum atomic E-state index is 12.0. The van der Waals surface area contributed by atoms with Crippen molar-refractivity contribution in [2.45, 2.75) is 25.3 Å². The molecule has 0 aliphatic carbocycles. The average Bonchev–Trinajstić information content (AvgIpc) is 2.29. The van der Waals surface area contributed by atoms with E-state index in [0.29, 0.717) is 13.0 Å². The van der Waals surface area contributed by atoms with Crippen LogP contribution >= 0.6 is 11.8 Å². The number of halogens is 3. The molecule has 0 spiro atoms. The van der Waals surface area contributed by atoms with E-state index < -0.39 is 5.51 Å². The van der Waals surface area contributed by atoms with Crippen LogP contribution in [0, 0.1) is 12.8 Å². The lowest BCUT2D eigenvalue weighted by Gasteiger charge is -2.15. The molecule has 0 amide bonds. The summed E-state index contributed by atoms with van der Waals surface area (Å²) in [5.41, 5.74) is 3.78. The summed E-state index contributed by atoms with van der Waals surface area (Å²) in [4.78, 5) is 0.